The Labute approximate surface area is 108 Å². The molecule has 1 nitrogen and oxygen atoms in total. The van der Waals surface area contributed by atoms with E-state index in [1.807, 2.05) is 33.9 Å². The van der Waals surface area contributed by atoms with Crippen molar-refractivity contribution in [1.29, 1.82) is 0 Å². The molecule has 90 valence electrons. The van der Waals surface area contributed by atoms with Gasteiger partial charge in [0.05, 0.1) is 0 Å². The summed E-state index contributed by atoms with van der Waals surface area (Å²) in [6, 6.07) is 0. The maximum Gasteiger partial charge on any atom is 0.123 e. The quantitative estimate of drug-likeness (QED) is 0.615. The fourth-order valence-corrected chi connectivity index (χ4v) is 2.76. The van der Waals surface area contributed by atoms with Crippen LogP contribution in [-0.2, 0) is 0 Å². The average molecular weight is 245 g/mol. The lowest BCUT2D eigenvalue weighted by atomic mass is 10.1. The highest BCUT2D eigenvalue weighted by Gasteiger charge is 2.11. The third kappa shape index (κ3) is 3.27. The van der Waals surface area contributed by atoms with E-state index >= 15 is 0 Å². The molecular formula is C15H19NS. The van der Waals surface area contributed by atoms with Gasteiger partial charge in [0.25, 0.3) is 0 Å². The normalized spacial score (nSPS) is 12.9. The predicted octanol–water partition coefficient (Wildman–Crippen LogP) is 5.57. The van der Waals surface area contributed by atoms with E-state index in [-0.39, 0.29) is 0 Å². The number of nitrogens with zero attached hydrogens (tertiary/aromatic N) is 1. The second-order valence-corrected chi connectivity index (χ2v) is 4.52. The Morgan fingerprint density at radius 1 is 0.824 bits per heavy atom. The summed E-state index contributed by atoms with van der Waals surface area (Å²) in [5.41, 5.74) is 2.47. The Morgan fingerprint density at radius 3 is 1.94 bits per heavy atom. The standard InChI is InChI=1S/C15H19NS/c1-5-9-12-13(10-6-2)15(16-8-4)17-14(12)11-7-3/h5-11H,1-4H3/b9-5-,10-6-,11-7-,16-8-. The fraction of sp³-hybridized carbons (Fsp3) is 0.267. The van der Waals surface area contributed by atoms with Crippen molar-refractivity contribution in [1.82, 2.24) is 0 Å². The summed E-state index contributed by atoms with van der Waals surface area (Å²) in [4.78, 5) is 5.71. The van der Waals surface area contributed by atoms with Crippen LogP contribution in [0.4, 0.5) is 5.00 Å². The Bertz CT molecular complexity index is 431. The van der Waals surface area contributed by atoms with Gasteiger partial charge in [-0.15, -0.1) is 11.3 Å². The zero-order chi connectivity index (χ0) is 12.7. The van der Waals surface area contributed by atoms with Gasteiger partial charge in [0, 0.05) is 22.2 Å². The third-order valence-electron chi connectivity index (χ3n) is 2.22. The van der Waals surface area contributed by atoms with Crippen molar-refractivity contribution in [3.05, 3.63) is 34.2 Å². The van der Waals surface area contributed by atoms with Gasteiger partial charge in [-0.25, -0.2) is 4.99 Å². The zero-order valence-electron chi connectivity index (χ0n) is 10.9. The number of allylic oxidation sites excluding steroid dienone is 3. The molecular weight excluding hydrogens is 226 g/mol. The van der Waals surface area contributed by atoms with Crippen LogP contribution in [0.3, 0.4) is 0 Å². The Kier molecular flexibility index (Phi) is 5.64. The number of aliphatic imine (C=N–C) groups is 1. The molecule has 0 bridgehead atoms. The van der Waals surface area contributed by atoms with Crippen molar-refractivity contribution in [2.24, 2.45) is 4.99 Å². The molecule has 0 spiro atoms. The summed E-state index contributed by atoms with van der Waals surface area (Å²) in [6.07, 6.45) is 14.5. The topological polar surface area (TPSA) is 12.4 Å². The first-order valence-electron chi connectivity index (χ1n) is 5.82. The molecule has 0 aliphatic carbocycles. The van der Waals surface area contributed by atoms with Crippen LogP contribution >= 0.6 is 11.3 Å². The van der Waals surface area contributed by atoms with E-state index in [0.717, 1.165) is 5.00 Å². The van der Waals surface area contributed by atoms with Crippen molar-refractivity contribution in [3.8, 4) is 0 Å². The first kappa shape index (κ1) is 13.7. The summed E-state index contributed by atoms with van der Waals surface area (Å²) in [5, 5.41) is 1.08. The molecule has 2 heteroatoms. The summed E-state index contributed by atoms with van der Waals surface area (Å²) >= 11 is 1.73. The molecule has 0 fully saturated rings. The highest BCUT2D eigenvalue weighted by Crippen LogP contribution is 2.38. The molecule has 0 aliphatic heterocycles. The lowest BCUT2D eigenvalue weighted by Crippen LogP contribution is -1.76. The molecule has 0 saturated heterocycles. The van der Waals surface area contributed by atoms with Gasteiger partial charge in [-0.3, -0.25) is 0 Å². The lowest BCUT2D eigenvalue weighted by Gasteiger charge is -1.96. The first-order valence-corrected chi connectivity index (χ1v) is 6.63. The summed E-state index contributed by atoms with van der Waals surface area (Å²) in [5.74, 6) is 0. The molecule has 0 N–H and O–H groups in total. The molecule has 0 saturated carbocycles. The van der Waals surface area contributed by atoms with Gasteiger partial charge < -0.3 is 0 Å². The van der Waals surface area contributed by atoms with Crippen molar-refractivity contribution < 1.29 is 0 Å². The molecule has 0 unspecified atom stereocenters. The molecule has 1 heterocycles. The van der Waals surface area contributed by atoms with Crippen LogP contribution in [0.1, 0.15) is 43.7 Å². The SMILES string of the molecule is C/C=C\c1sc(/N=C\C)c(/C=C\C)c1/C=C\C. The number of thiophene rings is 1. The minimum Gasteiger partial charge on any atom is -0.250 e. The Morgan fingerprint density at radius 2 is 1.41 bits per heavy atom. The number of hydrogen-bond acceptors (Lipinski definition) is 2. The maximum atomic E-state index is 4.45. The van der Waals surface area contributed by atoms with Gasteiger partial charge in [0.15, 0.2) is 0 Å². The second kappa shape index (κ2) is 7.02. The summed E-state index contributed by atoms with van der Waals surface area (Å²) in [6.45, 7) is 8.06. The molecule has 0 aromatic carbocycles. The molecule has 17 heavy (non-hydrogen) atoms. The van der Waals surface area contributed by atoms with E-state index in [9.17, 15) is 0 Å². The Hall–Kier alpha value is -1.41. The monoisotopic (exact) mass is 245 g/mol. The second-order valence-electron chi connectivity index (χ2n) is 3.49. The lowest BCUT2D eigenvalue weighted by molar-refractivity contribution is 1.59. The van der Waals surface area contributed by atoms with Crippen LogP contribution in [0.25, 0.3) is 18.2 Å². The predicted molar refractivity (Wildman–Crippen MR) is 82.3 cm³/mol. The van der Waals surface area contributed by atoms with Crippen molar-refractivity contribution >= 4 is 40.8 Å². The van der Waals surface area contributed by atoms with Gasteiger partial charge in [0.2, 0.25) is 0 Å². The van der Waals surface area contributed by atoms with E-state index in [4.69, 9.17) is 0 Å². The van der Waals surface area contributed by atoms with Gasteiger partial charge in [0.1, 0.15) is 5.00 Å². The van der Waals surface area contributed by atoms with Crippen LogP contribution in [0.5, 0.6) is 0 Å². The fourth-order valence-electron chi connectivity index (χ4n) is 1.62. The van der Waals surface area contributed by atoms with Gasteiger partial charge in [-0.2, -0.15) is 0 Å². The highest BCUT2D eigenvalue weighted by molar-refractivity contribution is 7.17. The molecule has 1 aromatic rings. The van der Waals surface area contributed by atoms with Gasteiger partial charge >= 0.3 is 0 Å². The summed E-state index contributed by atoms with van der Waals surface area (Å²) < 4.78 is 0. The Balaban J connectivity index is 3.47. The third-order valence-corrected chi connectivity index (χ3v) is 3.32. The van der Waals surface area contributed by atoms with E-state index in [2.05, 4.69) is 41.4 Å². The summed E-state index contributed by atoms with van der Waals surface area (Å²) in [7, 11) is 0. The number of rotatable bonds is 4. The van der Waals surface area contributed by atoms with E-state index in [1.165, 1.54) is 16.0 Å². The minimum atomic E-state index is 1.08. The van der Waals surface area contributed by atoms with Crippen molar-refractivity contribution in [3.63, 3.8) is 0 Å². The maximum absolute atomic E-state index is 4.45. The van der Waals surface area contributed by atoms with E-state index in [0.29, 0.717) is 0 Å². The van der Waals surface area contributed by atoms with Gasteiger partial charge in [-0.05, 0) is 33.8 Å². The molecule has 1 aromatic heterocycles. The molecule has 1 rings (SSSR count). The van der Waals surface area contributed by atoms with Crippen LogP contribution in [0.2, 0.25) is 0 Å². The van der Waals surface area contributed by atoms with E-state index in [1.54, 1.807) is 11.3 Å². The number of hydrogen-bond donors (Lipinski definition) is 0. The van der Waals surface area contributed by atoms with E-state index < -0.39 is 0 Å². The van der Waals surface area contributed by atoms with Crippen LogP contribution < -0.4 is 0 Å². The zero-order valence-corrected chi connectivity index (χ0v) is 11.7. The first-order chi connectivity index (χ1) is 8.28. The molecule has 0 radical (unpaired) electrons. The van der Waals surface area contributed by atoms with Crippen molar-refractivity contribution in [2.75, 3.05) is 0 Å². The average Bonchev–Trinajstić information content (AvgIpc) is 2.61. The van der Waals surface area contributed by atoms with Crippen LogP contribution in [0, 0.1) is 0 Å². The highest BCUT2D eigenvalue weighted by atomic mass is 32.1. The van der Waals surface area contributed by atoms with Crippen LogP contribution in [0.15, 0.2) is 23.2 Å². The largest absolute Gasteiger partial charge is 0.250 e. The minimum absolute atomic E-state index is 1.08. The molecule has 0 atom stereocenters. The van der Waals surface area contributed by atoms with Crippen LogP contribution in [-0.4, -0.2) is 6.21 Å². The van der Waals surface area contributed by atoms with Crippen molar-refractivity contribution in [2.45, 2.75) is 27.7 Å². The van der Waals surface area contributed by atoms with Gasteiger partial charge in [-0.1, -0.05) is 30.4 Å². The molecule has 0 aliphatic rings. The molecule has 0 amide bonds. The smallest absolute Gasteiger partial charge is 0.123 e.